The van der Waals surface area contributed by atoms with Crippen LogP contribution in [0.2, 0.25) is 0 Å². The summed E-state index contributed by atoms with van der Waals surface area (Å²) in [6.45, 7) is 0. The Kier molecular flexibility index (Phi) is 3.74. The Labute approximate surface area is 164 Å². The number of aromatic amines is 1. The fraction of sp³-hybridized carbons (Fsp3) is 0. The molecular weight excluding hydrogens is 368 g/mol. The van der Waals surface area contributed by atoms with Crippen LogP contribution < -0.4 is 16.0 Å². The SMILES string of the molecule is Nc1c2c(=O)[nH]c3ccc(O)cc3c2nn1-c1ccc(Oc2ccccc2)cc1. The average molecular weight is 384 g/mol. The molecule has 0 saturated carbocycles. The van der Waals surface area contributed by atoms with E-state index < -0.39 is 0 Å². The number of H-pyrrole nitrogens is 1. The number of phenols is 1. The van der Waals surface area contributed by atoms with Crippen LogP contribution in [0.4, 0.5) is 5.82 Å². The summed E-state index contributed by atoms with van der Waals surface area (Å²) in [6, 6.07) is 21.4. The van der Waals surface area contributed by atoms with Crippen LogP contribution in [0.5, 0.6) is 17.2 Å². The molecule has 0 spiro atoms. The molecule has 0 aliphatic carbocycles. The zero-order valence-corrected chi connectivity index (χ0v) is 15.2. The molecule has 2 aromatic heterocycles. The number of ether oxygens (including phenoxy) is 1. The predicted molar refractivity (Wildman–Crippen MR) is 112 cm³/mol. The van der Waals surface area contributed by atoms with Crippen molar-refractivity contribution in [3.63, 3.8) is 0 Å². The number of anilines is 1. The molecule has 0 amide bonds. The summed E-state index contributed by atoms with van der Waals surface area (Å²) in [7, 11) is 0. The topological polar surface area (TPSA) is 106 Å². The number of fused-ring (bicyclic) bond motifs is 3. The van der Waals surface area contributed by atoms with Gasteiger partial charge in [0.05, 0.1) is 11.2 Å². The van der Waals surface area contributed by atoms with E-state index in [1.165, 1.54) is 10.7 Å². The molecule has 7 nitrogen and oxygen atoms in total. The Morgan fingerprint density at radius 3 is 2.45 bits per heavy atom. The first kappa shape index (κ1) is 16.9. The van der Waals surface area contributed by atoms with Crippen LogP contribution >= 0.6 is 0 Å². The minimum atomic E-state index is -0.328. The van der Waals surface area contributed by atoms with Gasteiger partial charge in [0, 0.05) is 5.39 Å². The molecule has 29 heavy (non-hydrogen) atoms. The van der Waals surface area contributed by atoms with Gasteiger partial charge in [0.25, 0.3) is 5.56 Å². The van der Waals surface area contributed by atoms with Crippen LogP contribution in [0.15, 0.2) is 77.6 Å². The van der Waals surface area contributed by atoms with E-state index in [1.54, 1.807) is 12.1 Å². The second kappa shape index (κ2) is 6.42. The van der Waals surface area contributed by atoms with Crippen molar-refractivity contribution in [1.82, 2.24) is 14.8 Å². The molecule has 0 radical (unpaired) electrons. The molecule has 0 atom stereocenters. The molecule has 2 heterocycles. The van der Waals surface area contributed by atoms with Gasteiger partial charge in [-0.1, -0.05) is 18.2 Å². The lowest BCUT2D eigenvalue weighted by Crippen LogP contribution is -2.08. The van der Waals surface area contributed by atoms with Crippen LogP contribution in [0.3, 0.4) is 0 Å². The van der Waals surface area contributed by atoms with Gasteiger partial charge in [0.2, 0.25) is 0 Å². The third-order valence-corrected chi connectivity index (χ3v) is 4.71. The normalized spacial score (nSPS) is 11.2. The Hall–Kier alpha value is -4.26. The van der Waals surface area contributed by atoms with Gasteiger partial charge in [0.15, 0.2) is 0 Å². The molecule has 5 rings (SSSR count). The molecule has 0 saturated heterocycles. The summed E-state index contributed by atoms with van der Waals surface area (Å²) >= 11 is 0. The van der Waals surface area contributed by atoms with Crippen molar-refractivity contribution in [1.29, 1.82) is 0 Å². The number of rotatable bonds is 3. The number of nitrogens with one attached hydrogen (secondary N) is 1. The van der Waals surface area contributed by atoms with Gasteiger partial charge < -0.3 is 20.6 Å². The van der Waals surface area contributed by atoms with E-state index in [-0.39, 0.29) is 22.5 Å². The summed E-state index contributed by atoms with van der Waals surface area (Å²) in [6.07, 6.45) is 0. The number of nitrogens with two attached hydrogens (primary N) is 1. The number of phenolic OH excluding ortho intramolecular Hbond substituents is 1. The maximum Gasteiger partial charge on any atom is 0.261 e. The number of nitrogens with zero attached hydrogens (tertiary/aromatic N) is 2. The molecule has 0 fully saturated rings. The number of hydrogen-bond acceptors (Lipinski definition) is 5. The predicted octanol–water partition coefficient (Wildman–Crippen LogP) is 3.95. The van der Waals surface area contributed by atoms with Gasteiger partial charge in [0.1, 0.15) is 34.0 Å². The second-order valence-electron chi connectivity index (χ2n) is 6.61. The van der Waals surface area contributed by atoms with E-state index in [2.05, 4.69) is 10.1 Å². The summed E-state index contributed by atoms with van der Waals surface area (Å²) < 4.78 is 7.31. The minimum absolute atomic E-state index is 0.0846. The van der Waals surface area contributed by atoms with Gasteiger partial charge in [-0.25, -0.2) is 4.68 Å². The van der Waals surface area contributed by atoms with Crippen LogP contribution in [0.25, 0.3) is 27.5 Å². The third-order valence-electron chi connectivity index (χ3n) is 4.71. The Morgan fingerprint density at radius 2 is 1.69 bits per heavy atom. The van der Waals surface area contributed by atoms with E-state index in [1.807, 2.05) is 54.6 Å². The van der Waals surface area contributed by atoms with Crippen molar-refractivity contribution in [3.05, 3.63) is 83.2 Å². The molecule has 0 aliphatic heterocycles. The van der Waals surface area contributed by atoms with Crippen molar-refractivity contribution in [2.45, 2.75) is 0 Å². The summed E-state index contributed by atoms with van der Waals surface area (Å²) in [4.78, 5) is 15.3. The lowest BCUT2D eigenvalue weighted by molar-refractivity contribution is 0.476. The summed E-state index contributed by atoms with van der Waals surface area (Å²) in [5.74, 6) is 1.72. The van der Waals surface area contributed by atoms with Crippen LogP contribution in [-0.4, -0.2) is 19.9 Å². The zero-order chi connectivity index (χ0) is 20.0. The van der Waals surface area contributed by atoms with Crippen LogP contribution in [0.1, 0.15) is 0 Å². The van der Waals surface area contributed by atoms with E-state index in [4.69, 9.17) is 10.5 Å². The van der Waals surface area contributed by atoms with Crippen molar-refractivity contribution in [2.24, 2.45) is 0 Å². The maximum absolute atomic E-state index is 12.5. The lowest BCUT2D eigenvalue weighted by Gasteiger charge is -2.07. The largest absolute Gasteiger partial charge is 0.508 e. The molecule has 0 unspecified atom stereocenters. The highest BCUT2D eigenvalue weighted by molar-refractivity contribution is 6.07. The van der Waals surface area contributed by atoms with Gasteiger partial charge in [-0.05, 0) is 54.6 Å². The number of para-hydroxylation sites is 1. The summed E-state index contributed by atoms with van der Waals surface area (Å²) in [5, 5.41) is 15.3. The quantitative estimate of drug-likeness (QED) is 0.437. The first-order valence-electron chi connectivity index (χ1n) is 8.97. The van der Waals surface area contributed by atoms with Crippen LogP contribution in [0, 0.1) is 0 Å². The molecule has 0 aliphatic rings. The van der Waals surface area contributed by atoms with E-state index >= 15 is 0 Å². The molecule has 142 valence electrons. The molecular formula is C22H16N4O3. The van der Waals surface area contributed by atoms with Gasteiger partial charge >= 0.3 is 0 Å². The fourth-order valence-electron chi connectivity index (χ4n) is 3.34. The second-order valence-corrected chi connectivity index (χ2v) is 6.61. The third kappa shape index (κ3) is 2.85. The highest BCUT2D eigenvalue weighted by Crippen LogP contribution is 2.29. The number of pyridine rings is 1. The number of aromatic nitrogens is 3. The van der Waals surface area contributed by atoms with Crippen molar-refractivity contribution in [3.8, 4) is 22.9 Å². The minimum Gasteiger partial charge on any atom is -0.508 e. The monoisotopic (exact) mass is 384 g/mol. The Bertz CT molecular complexity index is 1400. The Balaban J connectivity index is 1.61. The van der Waals surface area contributed by atoms with Crippen molar-refractivity contribution < 1.29 is 9.84 Å². The smallest absolute Gasteiger partial charge is 0.261 e. The number of aromatic hydroxyl groups is 1. The molecule has 5 aromatic rings. The molecule has 4 N–H and O–H groups in total. The van der Waals surface area contributed by atoms with Crippen molar-refractivity contribution >= 4 is 27.6 Å². The van der Waals surface area contributed by atoms with Gasteiger partial charge in [-0.2, -0.15) is 5.10 Å². The molecule has 0 bridgehead atoms. The van der Waals surface area contributed by atoms with Gasteiger partial charge in [-0.15, -0.1) is 0 Å². The lowest BCUT2D eigenvalue weighted by atomic mass is 10.1. The highest BCUT2D eigenvalue weighted by Gasteiger charge is 2.17. The van der Waals surface area contributed by atoms with E-state index in [9.17, 15) is 9.90 Å². The first-order valence-corrected chi connectivity index (χ1v) is 8.97. The number of hydrogen-bond donors (Lipinski definition) is 3. The highest BCUT2D eigenvalue weighted by atomic mass is 16.5. The fourth-order valence-corrected chi connectivity index (χ4v) is 3.34. The van der Waals surface area contributed by atoms with E-state index in [0.29, 0.717) is 27.9 Å². The number of benzene rings is 3. The van der Waals surface area contributed by atoms with E-state index in [0.717, 1.165) is 5.75 Å². The summed E-state index contributed by atoms with van der Waals surface area (Å²) in [5.41, 5.74) is 7.62. The van der Waals surface area contributed by atoms with Gasteiger partial charge in [-0.3, -0.25) is 4.79 Å². The number of nitrogen functional groups attached to an aromatic ring is 1. The average Bonchev–Trinajstić information content (AvgIpc) is 3.08. The Morgan fingerprint density at radius 1 is 0.966 bits per heavy atom. The first-order chi connectivity index (χ1) is 14.1. The molecule has 7 heteroatoms. The maximum atomic E-state index is 12.5. The zero-order valence-electron chi connectivity index (χ0n) is 15.2. The van der Waals surface area contributed by atoms with Crippen molar-refractivity contribution in [2.75, 3.05) is 5.73 Å². The van der Waals surface area contributed by atoms with Crippen LogP contribution in [-0.2, 0) is 0 Å². The standard InChI is InChI=1S/C22H16N4O3/c23-21-19-20(17-12-14(27)8-11-18(17)24-22(19)28)25-26(21)13-6-9-16(10-7-13)29-15-4-2-1-3-5-15/h1-12,27H,23H2,(H,24,28). The molecule has 3 aromatic carbocycles.